The SMILES string of the molecule is CN(C)CCCn1cc(-c2nc3ccccc3s2)c(=O)c2cc(F)ccc21. The van der Waals surface area contributed by atoms with E-state index in [9.17, 15) is 9.18 Å². The van der Waals surface area contributed by atoms with Gasteiger partial charge in [-0.15, -0.1) is 11.3 Å². The molecule has 0 aliphatic heterocycles. The molecule has 0 N–H and O–H groups in total. The normalized spacial score (nSPS) is 11.7. The third kappa shape index (κ3) is 3.50. The van der Waals surface area contributed by atoms with Gasteiger partial charge in [0.2, 0.25) is 0 Å². The zero-order valence-corrected chi connectivity index (χ0v) is 16.1. The van der Waals surface area contributed by atoms with Crippen LogP contribution in [0.1, 0.15) is 6.42 Å². The predicted molar refractivity (Wildman–Crippen MR) is 110 cm³/mol. The summed E-state index contributed by atoms with van der Waals surface area (Å²) in [6, 6.07) is 12.2. The largest absolute Gasteiger partial charge is 0.346 e. The van der Waals surface area contributed by atoms with Crippen molar-refractivity contribution in [3.8, 4) is 10.6 Å². The van der Waals surface area contributed by atoms with Crippen LogP contribution in [0.5, 0.6) is 0 Å². The standard InChI is InChI=1S/C21H20FN3OS/c1-24(2)10-5-11-25-13-16(20(26)15-12-14(22)8-9-18(15)25)21-23-17-6-3-4-7-19(17)27-21/h3-4,6-9,12-13H,5,10-11H2,1-2H3. The number of halogens is 1. The number of aromatic nitrogens is 2. The third-order valence-corrected chi connectivity index (χ3v) is 5.64. The first-order valence-electron chi connectivity index (χ1n) is 8.86. The summed E-state index contributed by atoms with van der Waals surface area (Å²) in [6.45, 7) is 1.68. The first kappa shape index (κ1) is 17.8. The summed E-state index contributed by atoms with van der Waals surface area (Å²) < 4.78 is 16.9. The summed E-state index contributed by atoms with van der Waals surface area (Å²) in [4.78, 5) is 19.8. The summed E-state index contributed by atoms with van der Waals surface area (Å²) in [5, 5.41) is 1.07. The Kier molecular flexibility index (Phi) is 4.76. The lowest BCUT2D eigenvalue weighted by molar-refractivity contribution is 0.388. The van der Waals surface area contributed by atoms with Gasteiger partial charge in [0, 0.05) is 18.1 Å². The van der Waals surface area contributed by atoms with Crippen LogP contribution in [0, 0.1) is 5.82 Å². The Bertz CT molecular complexity index is 1150. The Morgan fingerprint density at radius 3 is 2.78 bits per heavy atom. The summed E-state index contributed by atoms with van der Waals surface area (Å²) in [7, 11) is 4.07. The van der Waals surface area contributed by atoms with Crippen LogP contribution in [0.2, 0.25) is 0 Å². The molecule has 0 amide bonds. The molecule has 0 bridgehead atoms. The van der Waals surface area contributed by atoms with Crippen LogP contribution in [0.4, 0.5) is 4.39 Å². The highest BCUT2D eigenvalue weighted by atomic mass is 32.1. The van der Waals surface area contributed by atoms with Gasteiger partial charge >= 0.3 is 0 Å². The molecule has 2 heterocycles. The van der Waals surface area contributed by atoms with Crippen LogP contribution in [0.15, 0.2) is 53.5 Å². The highest BCUT2D eigenvalue weighted by Gasteiger charge is 2.15. The topological polar surface area (TPSA) is 38.1 Å². The van der Waals surface area contributed by atoms with Crippen molar-refractivity contribution in [2.24, 2.45) is 0 Å². The van der Waals surface area contributed by atoms with E-state index in [0.717, 1.165) is 35.2 Å². The molecule has 0 unspecified atom stereocenters. The average Bonchev–Trinajstić information content (AvgIpc) is 3.07. The maximum Gasteiger partial charge on any atom is 0.199 e. The molecule has 4 rings (SSSR count). The lowest BCUT2D eigenvalue weighted by atomic mass is 10.1. The number of pyridine rings is 1. The van der Waals surface area contributed by atoms with Gasteiger partial charge in [-0.05, 0) is 57.4 Å². The first-order valence-corrected chi connectivity index (χ1v) is 9.68. The molecule has 2 aromatic carbocycles. The Hall–Kier alpha value is -2.57. The first-order chi connectivity index (χ1) is 13.0. The third-order valence-electron chi connectivity index (χ3n) is 4.57. The lowest BCUT2D eigenvalue weighted by Gasteiger charge is -2.15. The number of fused-ring (bicyclic) bond motifs is 2. The molecule has 138 valence electrons. The smallest absolute Gasteiger partial charge is 0.199 e. The molecular formula is C21H20FN3OS. The molecule has 0 saturated heterocycles. The highest BCUT2D eigenvalue weighted by molar-refractivity contribution is 7.21. The van der Waals surface area contributed by atoms with Gasteiger partial charge in [0.1, 0.15) is 10.8 Å². The van der Waals surface area contributed by atoms with Crippen molar-refractivity contribution < 1.29 is 4.39 Å². The van der Waals surface area contributed by atoms with Crippen molar-refractivity contribution in [3.63, 3.8) is 0 Å². The Balaban J connectivity index is 1.89. The summed E-state index contributed by atoms with van der Waals surface area (Å²) in [5.74, 6) is -0.402. The van der Waals surface area contributed by atoms with Gasteiger partial charge in [0.25, 0.3) is 0 Å². The number of hydrogen-bond acceptors (Lipinski definition) is 4. The van der Waals surface area contributed by atoms with Gasteiger partial charge in [-0.2, -0.15) is 0 Å². The molecule has 0 saturated carbocycles. The maximum atomic E-state index is 13.8. The fourth-order valence-electron chi connectivity index (χ4n) is 3.25. The number of hydrogen-bond donors (Lipinski definition) is 0. The van der Waals surface area contributed by atoms with E-state index in [0.29, 0.717) is 16.0 Å². The molecular weight excluding hydrogens is 361 g/mol. The second kappa shape index (κ2) is 7.21. The highest BCUT2D eigenvalue weighted by Crippen LogP contribution is 2.29. The molecule has 4 nitrogen and oxygen atoms in total. The fourth-order valence-corrected chi connectivity index (χ4v) is 4.22. The van der Waals surface area contributed by atoms with Crippen molar-refractivity contribution in [1.29, 1.82) is 0 Å². The van der Waals surface area contributed by atoms with Crippen LogP contribution in [-0.4, -0.2) is 35.1 Å². The summed E-state index contributed by atoms with van der Waals surface area (Å²) >= 11 is 1.49. The van der Waals surface area contributed by atoms with Crippen molar-refractivity contribution in [2.45, 2.75) is 13.0 Å². The lowest BCUT2D eigenvalue weighted by Crippen LogP contribution is -2.17. The second-order valence-electron chi connectivity index (χ2n) is 6.87. The van der Waals surface area contributed by atoms with E-state index in [-0.39, 0.29) is 5.43 Å². The Labute approximate surface area is 160 Å². The number of benzene rings is 2. The summed E-state index contributed by atoms with van der Waals surface area (Å²) in [5.41, 5.74) is 1.98. The van der Waals surface area contributed by atoms with E-state index in [1.807, 2.05) is 49.1 Å². The zero-order chi connectivity index (χ0) is 19.0. The minimum absolute atomic E-state index is 0.174. The van der Waals surface area contributed by atoms with Gasteiger partial charge < -0.3 is 9.47 Å². The molecule has 0 aliphatic rings. The van der Waals surface area contributed by atoms with E-state index in [1.54, 1.807) is 6.07 Å². The minimum atomic E-state index is -0.402. The molecule has 6 heteroatoms. The molecule has 0 fully saturated rings. The number of aryl methyl sites for hydroxylation is 1. The minimum Gasteiger partial charge on any atom is -0.346 e. The number of rotatable bonds is 5. The molecule has 27 heavy (non-hydrogen) atoms. The Morgan fingerprint density at radius 1 is 1.19 bits per heavy atom. The van der Waals surface area contributed by atoms with Crippen LogP contribution in [0.25, 0.3) is 31.7 Å². The van der Waals surface area contributed by atoms with Crippen LogP contribution in [-0.2, 0) is 6.54 Å². The summed E-state index contributed by atoms with van der Waals surface area (Å²) in [6.07, 6.45) is 2.80. The fraction of sp³-hybridized carbons (Fsp3) is 0.238. The second-order valence-corrected chi connectivity index (χ2v) is 7.90. The van der Waals surface area contributed by atoms with E-state index < -0.39 is 5.82 Å². The van der Waals surface area contributed by atoms with E-state index in [4.69, 9.17) is 0 Å². The number of para-hydroxylation sites is 1. The van der Waals surface area contributed by atoms with Gasteiger partial charge in [0.05, 0.1) is 21.3 Å². The molecule has 2 aromatic heterocycles. The van der Waals surface area contributed by atoms with Crippen molar-refractivity contribution in [1.82, 2.24) is 14.5 Å². The zero-order valence-electron chi connectivity index (χ0n) is 15.3. The molecule has 0 radical (unpaired) electrons. The van der Waals surface area contributed by atoms with E-state index in [1.165, 1.54) is 23.5 Å². The van der Waals surface area contributed by atoms with Gasteiger partial charge in [0.15, 0.2) is 5.43 Å². The van der Waals surface area contributed by atoms with Crippen molar-refractivity contribution in [2.75, 3.05) is 20.6 Å². The predicted octanol–water partition coefficient (Wildman–Crippen LogP) is 4.37. The van der Waals surface area contributed by atoms with Gasteiger partial charge in [-0.1, -0.05) is 12.1 Å². The maximum absolute atomic E-state index is 13.8. The monoisotopic (exact) mass is 381 g/mol. The van der Waals surface area contributed by atoms with E-state index >= 15 is 0 Å². The average molecular weight is 381 g/mol. The van der Waals surface area contributed by atoms with Gasteiger partial charge in [-0.3, -0.25) is 4.79 Å². The quantitative estimate of drug-likeness (QED) is 0.515. The Morgan fingerprint density at radius 2 is 2.00 bits per heavy atom. The van der Waals surface area contributed by atoms with Crippen LogP contribution < -0.4 is 5.43 Å². The van der Waals surface area contributed by atoms with Gasteiger partial charge in [-0.25, -0.2) is 9.37 Å². The number of thiazole rings is 1. The number of nitrogens with zero attached hydrogens (tertiary/aromatic N) is 3. The molecule has 0 spiro atoms. The van der Waals surface area contributed by atoms with E-state index in [2.05, 4.69) is 9.88 Å². The van der Waals surface area contributed by atoms with Crippen molar-refractivity contribution >= 4 is 32.5 Å². The molecule has 0 atom stereocenters. The molecule has 0 aliphatic carbocycles. The molecule has 4 aromatic rings. The van der Waals surface area contributed by atoms with Crippen LogP contribution in [0.3, 0.4) is 0 Å². The van der Waals surface area contributed by atoms with Crippen LogP contribution >= 0.6 is 11.3 Å². The van der Waals surface area contributed by atoms with Crippen molar-refractivity contribution in [3.05, 3.63) is 64.7 Å².